The minimum Gasteiger partial charge on any atom is -0.462 e. The number of hydrogen-bond donors (Lipinski definition) is 3. The average molecular weight is 737 g/mol. The van der Waals surface area contributed by atoms with Crippen molar-refractivity contribution >= 4 is 19.8 Å². The number of unbranched alkanes of at least 4 members (excludes halogenated alkanes) is 25. The van der Waals surface area contributed by atoms with Gasteiger partial charge in [-0.1, -0.05) is 174 Å². The highest BCUT2D eigenvalue weighted by Crippen LogP contribution is 2.43. The van der Waals surface area contributed by atoms with Crippen molar-refractivity contribution in [3.8, 4) is 0 Å². The van der Waals surface area contributed by atoms with Crippen LogP contribution in [-0.4, -0.2) is 65.7 Å². The maximum Gasteiger partial charge on any atom is 0.472 e. The van der Waals surface area contributed by atoms with E-state index in [1.165, 1.54) is 148 Å². The standard InChI is InChI=1S/C39H77O10P/c1-3-5-6-7-8-9-10-11-12-13-14-15-16-17-18-19-20-21-22-23-24-25-26-27-28-29-31-38(42)46-34-37(49-39(43)30-4-2)35-48-50(44,45)47-33-36(41)32-40/h36-37,40-41H,3-35H2,1-2H3,(H,44,45)/t36-,37+/m0/s1. The number of phosphoric ester groups is 1. The van der Waals surface area contributed by atoms with Crippen molar-refractivity contribution in [2.75, 3.05) is 26.4 Å². The van der Waals surface area contributed by atoms with Crippen LogP contribution in [0.15, 0.2) is 0 Å². The van der Waals surface area contributed by atoms with Crippen molar-refractivity contribution in [1.29, 1.82) is 0 Å². The maximum atomic E-state index is 12.2. The lowest BCUT2D eigenvalue weighted by atomic mass is 10.0. The van der Waals surface area contributed by atoms with E-state index in [0.717, 1.165) is 12.8 Å². The number of esters is 2. The molecule has 10 nitrogen and oxygen atoms in total. The zero-order valence-electron chi connectivity index (χ0n) is 32.1. The molecule has 0 rings (SSSR count). The predicted molar refractivity (Wildman–Crippen MR) is 201 cm³/mol. The van der Waals surface area contributed by atoms with Gasteiger partial charge in [-0.2, -0.15) is 0 Å². The molecule has 0 aromatic heterocycles. The van der Waals surface area contributed by atoms with Gasteiger partial charge in [0, 0.05) is 12.8 Å². The van der Waals surface area contributed by atoms with Crippen molar-refractivity contribution in [2.45, 2.75) is 212 Å². The van der Waals surface area contributed by atoms with Gasteiger partial charge in [0.1, 0.15) is 12.7 Å². The van der Waals surface area contributed by atoms with Crippen LogP contribution in [0.5, 0.6) is 0 Å². The molecule has 0 radical (unpaired) electrons. The van der Waals surface area contributed by atoms with E-state index in [1.807, 2.05) is 0 Å². The Balaban J connectivity index is 3.67. The van der Waals surface area contributed by atoms with Crippen LogP contribution < -0.4 is 0 Å². The Labute approximate surface area is 305 Å². The Hall–Kier alpha value is -1.03. The van der Waals surface area contributed by atoms with Gasteiger partial charge < -0.3 is 24.6 Å². The largest absolute Gasteiger partial charge is 0.472 e. The number of phosphoric acid groups is 1. The molecule has 1 unspecified atom stereocenters. The second-order valence-corrected chi connectivity index (χ2v) is 15.5. The molecule has 0 aliphatic heterocycles. The van der Waals surface area contributed by atoms with E-state index in [0.29, 0.717) is 12.8 Å². The first-order valence-electron chi connectivity index (χ1n) is 20.5. The monoisotopic (exact) mass is 737 g/mol. The van der Waals surface area contributed by atoms with Gasteiger partial charge in [-0.25, -0.2) is 4.57 Å². The van der Waals surface area contributed by atoms with Crippen molar-refractivity contribution < 1.29 is 47.8 Å². The molecule has 50 heavy (non-hydrogen) atoms. The van der Waals surface area contributed by atoms with Crippen LogP contribution >= 0.6 is 7.82 Å². The minimum absolute atomic E-state index is 0.139. The second-order valence-electron chi connectivity index (χ2n) is 14.0. The van der Waals surface area contributed by atoms with Gasteiger partial charge in [0.25, 0.3) is 0 Å². The quantitative estimate of drug-likeness (QED) is 0.0316. The van der Waals surface area contributed by atoms with Crippen molar-refractivity contribution in [2.24, 2.45) is 0 Å². The Bertz CT molecular complexity index is 812. The predicted octanol–water partition coefficient (Wildman–Crippen LogP) is 10.3. The van der Waals surface area contributed by atoms with Crippen LogP contribution in [0.1, 0.15) is 200 Å². The Morgan fingerprint density at radius 2 is 0.900 bits per heavy atom. The van der Waals surface area contributed by atoms with E-state index in [2.05, 4.69) is 11.4 Å². The number of carbonyl (C=O) groups excluding carboxylic acids is 2. The smallest absolute Gasteiger partial charge is 0.462 e. The van der Waals surface area contributed by atoms with Crippen LogP contribution in [-0.2, 0) is 32.7 Å². The van der Waals surface area contributed by atoms with E-state index < -0.39 is 51.8 Å². The van der Waals surface area contributed by atoms with Gasteiger partial charge in [-0.05, 0) is 12.8 Å². The lowest BCUT2D eigenvalue weighted by Gasteiger charge is -2.20. The fourth-order valence-corrected chi connectivity index (χ4v) is 6.65. The van der Waals surface area contributed by atoms with E-state index in [1.54, 1.807) is 6.92 Å². The topological polar surface area (TPSA) is 149 Å². The van der Waals surface area contributed by atoms with E-state index >= 15 is 0 Å². The number of aliphatic hydroxyl groups is 2. The lowest BCUT2D eigenvalue weighted by molar-refractivity contribution is -0.161. The third-order valence-electron chi connectivity index (χ3n) is 8.98. The molecule has 0 saturated carbocycles. The van der Waals surface area contributed by atoms with Gasteiger partial charge in [0.2, 0.25) is 0 Å². The zero-order valence-corrected chi connectivity index (χ0v) is 33.0. The molecule has 0 aliphatic carbocycles. The molecular formula is C39H77O10P. The molecule has 0 aromatic rings. The summed E-state index contributed by atoms with van der Waals surface area (Å²) >= 11 is 0. The first-order valence-corrected chi connectivity index (χ1v) is 22.0. The molecule has 0 saturated heterocycles. The minimum atomic E-state index is -4.58. The molecule has 0 bridgehead atoms. The summed E-state index contributed by atoms with van der Waals surface area (Å²) in [6.07, 6.45) is 33.0. The van der Waals surface area contributed by atoms with Crippen molar-refractivity contribution in [1.82, 2.24) is 0 Å². The summed E-state index contributed by atoms with van der Waals surface area (Å²) in [6.45, 7) is 1.98. The lowest BCUT2D eigenvalue weighted by Crippen LogP contribution is -2.29. The summed E-state index contributed by atoms with van der Waals surface area (Å²) in [4.78, 5) is 33.9. The van der Waals surface area contributed by atoms with Crippen LogP contribution in [0, 0.1) is 0 Å². The summed E-state index contributed by atoms with van der Waals surface area (Å²) in [7, 11) is -4.58. The van der Waals surface area contributed by atoms with E-state index in [9.17, 15) is 24.2 Å². The third kappa shape index (κ3) is 35.4. The molecule has 3 N–H and O–H groups in total. The molecule has 0 aliphatic rings. The highest BCUT2D eigenvalue weighted by Gasteiger charge is 2.27. The Morgan fingerprint density at radius 1 is 0.520 bits per heavy atom. The second kappa shape index (κ2) is 36.3. The maximum absolute atomic E-state index is 12.2. The molecule has 11 heteroatoms. The number of rotatable bonds is 39. The highest BCUT2D eigenvalue weighted by molar-refractivity contribution is 7.47. The summed E-state index contributed by atoms with van der Waals surface area (Å²) in [5, 5.41) is 18.1. The summed E-state index contributed by atoms with van der Waals surface area (Å²) in [5.74, 6) is -0.975. The fraction of sp³-hybridized carbons (Fsp3) is 0.949. The number of ether oxygens (including phenoxy) is 2. The van der Waals surface area contributed by atoms with Gasteiger partial charge in [-0.3, -0.25) is 18.6 Å². The Morgan fingerprint density at radius 3 is 1.28 bits per heavy atom. The molecule has 0 fully saturated rings. The van der Waals surface area contributed by atoms with Crippen LogP contribution in [0.2, 0.25) is 0 Å². The molecule has 3 atom stereocenters. The van der Waals surface area contributed by atoms with Gasteiger partial charge in [0.05, 0.1) is 19.8 Å². The van der Waals surface area contributed by atoms with Gasteiger partial charge in [0.15, 0.2) is 6.10 Å². The molecule has 0 spiro atoms. The molecule has 0 amide bonds. The molecule has 0 heterocycles. The SMILES string of the molecule is CCCCCCCCCCCCCCCCCCCCCCCCCCCCC(=O)OC[C@H](COP(=O)(O)OC[C@@H](O)CO)OC(=O)CCC. The van der Waals surface area contributed by atoms with Gasteiger partial charge >= 0.3 is 19.8 Å². The zero-order chi connectivity index (χ0) is 37.0. The number of aliphatic hydroxyl groups excluding tert-OH is 2. The van der Waals surface area contributed by atoms with Gasteiger partial charge in [-0.15, -0.1) is 0 Å². The summed E-state index contributed by atoms with van der Waals surface area (Å²) in [6, 6.07) is 0. The Kier molecular flexibility index (Phi) is 35.6. The third-order valence-corrected chi connectivity index (χ3v) is 9.93. The first-order chi connectivity index (χ1) is 24.2. The molecule has 0 aromatic carbocycles. The summed E-state index contributed by atoms with van der Waals surface area (Å²) < 4.78 is 31.9. The van der Waals surface area contributed by atoms with Crippen LogP contribution in [0.3, 0.4) is 0 Å². The van der Waals surface area contributed by atoms with E-state index in [4.69, 9.17) is 19.1 Å². The normalized spacial score (nSPS) is 13.9. The number of hydrogen-bond acceptors (Lipinski definition) is 9. The fourth-order valence-electron chi connectivity index (χ4n) is 5.86. The van der Waals surface area contributed by atoms with E-state index in [-0.39, 0.29) is 19.4 Å². The van der Waals surface area contributed by atoms with Crippen LogP contribution in [0.25, 0.3) is 0 Å². The average Bonchev–Trinajstić information content (AvgIpc) is 3.10. The molecule has 298 valence electrons. The molecular weight excluding hydrogens is 659 g/mol. The first kappa shape index (κ1) is 49.0. The summed E-state index contributed by atoms with van der Waals surface area (Å²) in [5.41, 5.74) is 0. The number of carbonyl (C=O) groups is 2. The highest BCUT2D eigenvalue weighted by atomic mass is 31.2. The van der Waals surface area contributed by atoms with Crippen LogP contribution in [0.4, 0.5) is 0 Å². The van der Waals surface area contributed by atoms with Crippen molar-refractivity contribution in [3.05, 3.63) is 0 Å². The van der Waals surface area contributed by atoms with Crippen molar-refractivity contribution in [3.63, 3.8) is 0 Å².